The van der Waals surface area contributed by atoms with E-state index in [0.29, 0.717) is 5.25 Å². The van der Waals surface area contributed by atoms with Gasteiger partial charge in [0.2, 0.25) is 0 Å². The van der Waals surface area contributed by atoms with Crippen LogP contribution in [-0.4, -0.2) is 18.3 Å². The van der Waals surface area contributed by atoms with Crippen LogP contribution in [0.1, 0.15) is 19.4 Å². The van der Waals surface area contributed by atoms with E-state index in [4.69, 9.17) is 0 Å². The van der Waals surface area contributed by atoms with Crippen LogP contribution in [0.3, 0.4) is 0 Å². The van der Waals surface area contributed by atoms with Gasteiger partial charge in [-0.2, -0.15) is 0 Å². The molecule has 0 heterocycles. The van der Waals surface area contributed by atoms with E-state index in [9.17, 15) is 0 Å². The van der Waals surface area contributed by atoms with E-state index in [1.54, 1.807) is 0 Å². The van der Waals surface area contributed by atoms with Crippen molar-refractivity contribution >= 4 is 11.8 Å². The van der Waals surface area contributed by atoms with E-state index in [1.807, 2.05) is 11.8 Å². The topological polar surface area (TPSA) is 12.0 Å². The van der Waals surface area contributed by atoms with E-state index in [1.165, 1.54) is 10.5 Å². The van der Waals surface area contributed by atoms with Crippen LogP contribution in [-0.2, 0) is 0 Å². The molecule has 0 amide bonds. The molecule has 1 rings (SSSR count). The van der Waals surface area contributed by atoms with Crippen molar-refractivity contribution < 1.29 is 0 Å². The molecular weight excluding hydrogens is 190 g/mol. The first-order valence-corrected chi connectivity index (χ1v) is 6.04. The SMILES string of the molecule is CCNCC(C)Sc1cccc(C)c1. The number of benzene rings is 1. The maximum absolute atomic E-state index is 3.36. The van der Waals surface area contributed by atoms with Crippen LogP contribution in [0.4, 0.5) is 0 Å². The molecule has 0 aliphatic heterocycles. The summed E-state index contributed by atoms with van der Waals surface area (Å²) >= 11 is 1.94. The lowest BCUT2D eigenvalue weighted by Gasteiger charge is -2.11. The molecule has 0 saturated heterocycles. The molecule has 0 spiro atoms. The summed E-state index contributed by atoms with van der Waals surface area (Å²) in [5, 5.41) is 4.00. The Labute approximate surface area is 91.3 Å². The van der Waals surface area contributed by atoms with Gasteiger partial charge < -0.3 is 5.32 Å². The zero-order chi connectivity index (χ0) is 10.4. The number of nitrogens with one attached hydrogen (secondary N) is 1. The molecule has 14 heavy (non-hydrogen) atoms. The second-order valence-electron chi connectivity index (χ2n) is 3.55. The highest BCUT2D eigenvalue weighted by atomic mass is 32.2. The average molecular weight is 209 g/mol. The van der Waals surface area contributed by atoms with Crippen LogP contribution in [0.5, 0.6) is 0 Å². The number of thioether (sulfide) groups is 1. The summed E-state index contributed by atoms with van der Waals surface area (Å²) in [6.07, 6.45) is 0. The largest absolute Gasteiger partial charge is 0.316 e. The van der Waals surface area contributed by atoms with Gasteiger partial charge in [-0.15, -0.1) is 11.8 Å². The molecule has 1 nitrogen and oxygen atoms in total. The number of hydrogen-bond donors (Lipinski definition) is 1. The van der Waals surface area contributed by atoms with E-state index in [-0.39, 0.29) is 0 Å². The lowest BCUT2D eigenvalue weighted by molar-refractivity contribution is 0.713. The van der Waals surface area contributed by atoms with Crippen molar-refractivity contribution in [3.8, 4) is 0 Å². The molecule has 2 heteroatoms. The van der Waals surface area contributed by atoms with Gasteiger partial charge in [-0.05, 0) is 25.6 Å². The normalized spacial score (nSPS) is 12.8. The minimum Gasteiger partial charge on any atom is -0.316 e. The molecule has 78 valence electrons. The molecule has 1 atom stereocenters. The number of aryl methyl sites for hydroxylation is 1. The van der Waals surface area contributed by atoms with Crippen LogP contribution in [0, 0.1) is 6.92 Å². The summed E-state index contributed by atoms with van der Waals surface area (Å²) in [5.41, 5.74) is 1.34. The fraction of sp³-hybridized carbons (Fsp3) is 0.500. The maximum Gasteiger partial charge on any atom is 0.0191 e. The second-order valence-corrected chi connectivity index (χ2v) is 5.06. The van der Waals surface area contributed by atoms with Gasteiger partial charge in [0.25, 0.3) is 0 Å². The first kappa shape index (κ1) is 11.6. The van der Waals surface area contributed by atoms with Gasteiger partial charge in [0.15, 0.2) is 0 Å². The molecule has 1 aromatic carbocycles. The Morgan fingerprint density at radius 1 is 1.43 bits per heavy atom. The van der Waals surface area contributed by atoms with Gasteiger partial charge in [0.1, 0.15) is 0 Å². The fourth-order valence-corrected chi connectivity index (χ4v) is 2.39. The third-order valence-electron chi connectivity index (χ3n) is 2.01. The summed E-state index contributed by atoms with van der Waals surface area (Å²) < 4.78 is 0. The van der Waals surface area contributed by atoms with Crippen LogP contribution >= 0.6 is 11.8 Å². The summed E-state index contributed by atoms with van der Waals surface area (Å²) in [5.74, 6) is 0. The third-order valence-corrected chi connectivity index (χ3v) is 3.10. The number of rotatable bonds is 5. The molecule has 0 radical (unpaired) electrons. The molecule has 0 saturated carbocycles. The quantitative estimate of drug-likeness (QED) is 0.748. The molecule has 0 aliphatic rings. The smallest absolute Gasteiger partial charge is 0.0191 e. The van der Waals surface area contributed by atoms with E-state index in [0.717, 1.165) is 13.1 Å². The zero-order valence-electron chi connectivity index (χ0n) is 9.21. The highest BCUT2D eigenvalue weighted by Gasteiger charge is 2.02. The molecule has 1 N–H and O–H groups in total. The maximum atomic E-state index is 3.36. The number of hydrogen-bond acceptors (Lipinski definition) is 2. The van der Waals surface area contributed by atoms with Crippen molar-refractivity contribution in [1.29, 1.82) is 0 Å². The van der Waals surface area contributed by atoms with Gasteiger partial charge in [0, 0.05) is 16.7 Å². The van der Waals surface area contributed by atoms with Gasteiger partial charge in [-0.3, -0.25) is 0 Å². The van der Waals surface area contributed by atoms with Crippen molar-refractivity contribution in [3.05, 3.63) is 29.8 Å². The Bertz CT molecular complexity index is 273. The lowest BCUT2D eigenvalue weighted by Crippen LogP contribution is -2.21. The Morgan fingerprint density at radius 3 is 2.86 bits per heavy atom. The molecule has 0 bridgehead atoms. The Balaban J connectivity index is 2.43. The lowest BCUT2D eigenvalue weighted by atomic mass is 10.2. The zero-order valence-corrected chi connectivity index (χ0v) is 10.0. The predicted octanol–water partition coefficient (Wildman–Crippen LogP) is 3.09. The Hall–Kier alpha value is -0.470. The van der Waals surface area contributed by atoms with Crippen LogP contribution in [0.15, 0.2) is 29.2 Å². The van der Waals surface area contributed by atoms with Crippen LogP contribution in [0.2, 0.25) is 0 Å². The molecule has 0 fully saturated rings. The summed E-state index contributed by atoms with van der Waals surface area (Å²) in [4.78, 5) is 1.37. The standard InChI is InChI=1S/C12H19NS/c1-4-13-9-11(3)14-12-7-5-6-10(2)8-12/h5-8,11,13H,4,9H2,1-3H3. The average Bonchev–Trinajstić information content (AvgIpc) is 2.15. The Kier molecular flexibility index (Phi) is 5.05. The highest BCUT2D eigenvalue weighted by Crippen LogP contribution is 2.23. The van der Waals surface area contributed by atoms with Gasteiger partial charge >= 0.3 is 0 Å². The first-order valence-electron chi connectivity index (χ1n) is 5.16. The van der Waals surface area contributed by atoms with Crippen molar-refractivity contribution in [2.45, 2.75) is 30.9 Å². The molecular formula is C12H19NS. The summed E-state index contributed by atoms with van der Waals surface area (Å²) in [7, 11) is 0. The highest BCUT2D eigenvalue weighted by molar-refractivity contribution is 8.00. The van der Waals surface area contributed by atoms with E-state index < -0.39 is 0 Å². The molecule has 0 aliphatic carbocycles. The molecule has 1 unspecified atom stereocenters. The van der Waals surface area contributed by atoms with Crippen molar-refractivity contribution in [1.82, 2.24) is 5.32 Å². The van der Waals surface area contributed by atoms with Gasteiger partial charge in [0.05, 0.1) is 0 Å². The minimum absolute atomic E-state index is 0.636. The minimum atomic E-state index is 0.636. The first-order chi connectivity index (χ1) is 6.72. The second kappa shape index (κ2) is 6.10. The third kappa shape index (κ3) is 4.16. The van der Waals surface area contributed by atoms with Crippen molar-refractivity contribution in [3.63, 3.8) is 0 Å². The summed E-state index contributed by atoms with van der Waals surface area (Å²) in [6, 6.07) is 8.68. The van der Waals surface area contributed by atoms with Crippen LogP contribution < -0.4 is 5.32 Å². The van der Waals surface area contributed by atoms with Gasteiger partial charge in [-0.25, -0.2) is 0 Å². The Morgan fingerprint density at radius 2 is 2.21 bits per heavy atom. The molecule has 1 aromatic rings. The fourth-order valence-electron chi connectivity index (χ4n) is 1.31. The monoisotopic (exact) mass is 209 g/mol. The van der Waals surface area contributed by atoms with E-state index >= 15 is 0 Å². The summed E-state index contributed by atoms with van der Waals surface area (Å²) in [6.45, 7) is 8.67. The predicted molar refractivity (Wildman–Crippen MR) is 65.0 cm³/mol. The van der Waals surface area contributed by atoms with Gasteiger partial charge in [-0.1, -0.05) is 31.5 Å². The van der Waals surface area contributed by atoms with Crippen LogP contribution in [0.25, 0.3) is 0 Å². The van der Waals surface area contributed by atoms with E-state index in [2.05, 4.69) is 50.4 Å². The van der Waals surface area contributed by atoms with Crippen molar-refractivity contribution in [2.24, 2.45) is 0 Å². The van der Waals surface area contributed by atoms with Crippen molar-refractivity contribution in [2.75, 3.05) is 13.1 Å². The molecule has 0 aromatic heterocycles.